The van der Waals surface area contributed by atoms with Crippen LogP contribution in [0.1, 0.15) is 32.3 Å². The van der Waals surface area contributed by atoms with Gasteiger partial charge in [0.1, 0.15) is 17.7 Å². The number of rotatable bonds is 5. The van der Waals surface area contributed by atoms with Crippen LogP contribution in [0.15, 0.2) is 23.2 Å². The summed E-state index contributed by atoms with van der Waals surface area (Å²) in [5, 5.41) is 0. The maximum atomic E-state index is 5.45. The van der Waals surface area contributed by atoms with Crippen molar-refractivity contribution in [3.05, 3.63) is 23.8 Å². The topological polar surface area (TPSA) is 34.1 Å². The summed E-state index contributed by atoms with van der Waals surface area (Å²) in [6, 6.07) is 5.83. The summed E-state index contributed by atoms with van der Waals surface area (Å²) < 4.78 is 10.9. The smallest absolute Gasteiger partial charge is 0.131 e. The summed E-state index contributed by atoms with van der Waals surface area (Å²) in [5.74, 6) is 1.62. The molecule has 0 bridgehead atoms. The van der Waals surface area contributed by atoms with Gasteiger partial charge in [-0.25, -0.2) is 0 Å². The molecular formula is C16H24N2O2. The first-order valence-corrected chi connectivity index (χ1v) is 7.21. The molecule has 4 heteroatoms. The first kappa shape index (κ1) is 14.9. The van der Waals surface area contributed by atoms with Crippen molar-refractivity contribution in [2.45, 2.75) is 32.9 Å². The summed E-state index contributed by atoms with van der Waals surface area (Å²) in [4.78, 5) is 7.31. The molecule has 1 fully saturated rings. The lowest BCUT2D eigenvalue weighted by atomic mass is 10.1. The molecule has 110 valence electrons. The van der Waals surface area contributed by atoms with Gasteiger partial charge in [-0.05, 0) is 38.4 Å². The van der Waals surface area contributed by atoms with Crippen LogP contribution in [0.4, 0.5) is 0 Å². The molecule has 1 atom stereocenters. The largest absolute Gasteiger partial charge is 0.496 e. The van der Waals surface area contributed by atoms with Crippen molar-refractivity contribution in [2.75, 3.05) is 27.3 Å². The molecule has 0 aliphatic carbocycles. The summed E-state index contributed by atoms with van der Waals surface area (Å²) in [6.07, 6.45) is 2.63. The molecule has 1 unspecified atom stereocenters. The minimum absolute atomic E-state index is 0.287. The van der Waals surface area contributed by atoms with E-state index >= 15 is 0 Å². The fourth-order valence-electron chi connectivity index (χ4n) is 2.82. The Morgan fingerprint density at radius 1 is 1.30 bits per heavy atom. The third-order valence-corrected chi connectivity index (χ3v) is 3.87. The lowest BCUT2D eigenvalue weighted by Crippen LogP contribution is -2.28. The molecule has 1 aromatic carbocycles. The molecule has 4 nitrogen and oxygen atoms in total. The van der Waals surface area contributed by atoms with Gasteiger partial charge in [0, 0.05) is 12.3 Å². The summed E-state index contributed by atoms with van der Waals surface area (Å²) in [7, 11) is 3.36. The molecule has 2 rings (SSSR count). The molecule has 1 heterocycles. The number of likely N-dealkylation sites (tertiary alicyclic amines) is 1. The van der Waals surface area contributed by atoms with Crippen LogP contribution in [0.5, 0.6) is 11.5 Å². The van der Waals surface area contributed by atoms with E-state index in [0.29, 0.717) is 0 Å². The van der Waals surface area contributed by atoms with E-state index in [0.717, 1.165) is 42.3 Å². The van der Waals surface area contributed by atoms with E-state index in [1.807, 2.05) is 25.1 Å². The van der Waals surface area contributed by atoms with Crippen molar-refractivity contribution in [1.82, 2.24) is 4.90 Å². The Hall–Kier alpha value is -1.55. The van der Waals surface area contributed by atoms with Crippen LogP contribution in [0, 0.1) is 0 Å². The van der Waals surface area contributed by atoms with Gasteiger partial charge < -0.3 is 9.47 Å². The first-order chi connectivity index (χ1) is 9.71. The van der Waals surface area contributed by atoms with Crippen LogP contribution in [0.2, 0.25) is 0 Å². The SMILES string of the molecule is CCN1CCCC1/N=C(\C)c1c(OC)cccc1OC. The molecule has 1 aliphatic heterocycles. The molecule has 0 amide bonds. The van der Waals surface area contributed by atoms with E-state index in [1.165, 1.54) is 6.42 Å². The fourth-order valence-corrected chi connectivity index (χ4v) is 2.82. The van der Waals surface area contributed by atoms with Gasteiger partial charge in [-0.1, -0.05) is 13.0 Å². The zero-order valence-electron chi connectivity index (χ0n) is 12.8. The van der Waals surface area contributed by atoms with Crippen LogP contribution in [0.25, 0.3) is 0 Å². The second kappa shape index (κ2) is 6.75. The monoisotopic (exact) mass is 276 g/mol. The molecule has 20 heavy (non-hydrogen) atoms. The highest BCUT2D eigenvalue weighted by Gasteiger charge is 2.23. The van der Waals surface area contributed by atoms with Gasteiger partial charge in [-0.15, -0.1) is 0 Å². The standard InChI is InChI=1S/C16H24N2O2/c1-5-18-11-7-10-15(18)17-12(2)16-13(19-3)8-6-9-14(16)20-4/h6,8-9,15H,5,7,10-11H2,1-4H3/b17-12+. The van der Waals surface area contributed by atoms with Crippen LogP contribution in [-0.2, 0) is 0 Å². The van der Waals surface area contributed by atoms with Gasteiger partial charge >= 0.3 is 0 Å². The number of methoxy groups -OCH3 is 2. The fraction of sp³-hybridized carbons (Fsp3) is 0.562. The Balaban J connectivity index is 2.34. The van der Waals surface area contributed by atoms with E-state index < -0.39 is 0 Å². The lowest BCUT2D eigenvalue weighted by molar-refractivity contribution is 0.275. The van der Waals surface area contributed by atoms with Crippen LogP contribution >= 0.6 is 0 Å². The second-order valence-corrected chi connectivity index (χ2v) is 5.00. The van der Waals surface area contributed by atoms with E-state index in [1.54, 1.807) is 14.2 Å². The van der Waals surface area contributed by atoms with Crippen LogP contribution < -0.4 is 9.47 Å². The van der Waals surface area contributed by atoms with Gasteiger partial charge in [0.2, 0.25) is 0 Å². The van der Waals surface area contributed by atoms with E-state index in [2.05, 4.69) is 11.8 Å². The van der Waals surface area contributed by atoms with Gasteiger partial charge in [0.15, 0.2) is 0 Å². The normalized spacial score (nSPS) is 20.2. The molecule has 1 saturated heterocycles. The first-order valence-electron chi connectivity index (χ1n) is 7.21. The van der Waals surface area contributed by atoms with Crippen LogP contribution in [-0.4, -0.2) is 44.1 Å². The van der Waals surface area contributed by atoms with Crippen molar-refractivity contribution in [1.29, 1.82) is 0 Å². The quantitative estimate of drug-likeness (QED) is 0.775. The molecule has 1 aliphatic rings. The number of hydrogen-bond donors (Lipinski definition) is 0. The molecule has 0 radical (unpaired) electrons. The summed E-state index contributed by atoms with van der Waals surface area (Å²) >= 11 is 0. The van der Waals surface area contributed by atoms with Gasteiger partial charge in [-0.3, -0.25) is 9.89 Å². The van der Waals surface area contributed by atoms with Gasteiger partial charge in [0.05, 0.1) is 19.8 Å². The van der Waals surface area contributed by atoms with Crippen molar-refractivity contribution in [2.24, 2.45) is 4.99 Å². The molecule has 0 spiro atoms. The van der Waals surface area contributed by atoms with E-state index in [-0.39, 0.29) is 6.17 Å². The highest BCUT2D eigenvalue weighted by molar-refractivity contribution is 6.03. The third kappa shape index (κ3) is 2.96. The van der Waals surface area contributed by atoms with Gasteiger partial charge in [-0.2, -0.15) is 0 Å². The molecule has 1 aromatic rings. The number of nitrogens with zero attached hydrogens (tertiary/aromatic N) is 2. The van der Waals surface area contributed by atoms with Crippen LogP contribution in [0.3, 0.4) is 0 Å². The average molecular weight is 276 g/mol. The Kier molecular flexibility index (Phi) is 5.01. The minimum atomic E-state index is 0.287. The Bertz CT molecular complexity index is 463. The Labute approximate surface area is 121 Å². The molecule has 0 N–H and O–H groups in total. The minimum Gasteiger partial charge on any atom is -0.496 e. The average Bonchev–Trinajstić information content (AvgIpc) is 2.93. The highest BCUT2D eigenvalue weighted by Crippen LogP contribution is 2.30. The Morgan fingerprint density at radius 3 is 2.50 bits per heavy atom. The number of hydrogen-bond acceptors (Lipinski definition) is 4. The van der Waals surface area contributed by atoms with E-state index in [9.17, 15) is 0 Å². The highest BCUT2D eigenvalue weighted by atomic mass is 16.5. The Morgan fingerprint density at radius 2 is 1.95 bits per heavy atom. The van der Waals surface area contributed by atoms with Crippen molar-refractivity contribution in [3.8, 4) is 11.5 Å². The predicted octanol–water partition coefficient (Wildman–Crippen LogP) is 2.95. The maximum Gasteiger partial charge on any atom is 0.131 e. The zero-order chi connectivity index (χ0) is 14.5. The van der Waals surface area contributed by atoms with Crippen molar-refractivity contribution < 1.29 is 9.47 Å². The molecule has 0 aromatic heterocycles. The van der Waals surface area contributed by atoms with Crippen molar-refractivity contribution >= 4 is 5.71 Å². The third-order valence-electron chi connectivity index (χ3n) is 3.87. The molecule has 0 saturated carbocycles. The predicted molar refractivity (Wildman–Crippen MR) is 82.0 cm³/mol. The molecular weight excluding hydrogens is 252 g/mol. The van der Waals surface area contributed by atoms with Crippen molar-refractivity contribution in [3.63, 3.8) is 0 Å². The van der Waals surface area contributed by atoms with Gasteiger partial charge in [0.25, 0.3) is 0 Å². The second-order valence-electron chi connectivity index (χ2n) is 5.00. The number of aliphatic imine (C=N–C) groups is 1. The lowest BCUT2D eigenvalue weighted by Gasteiger charge is -2.20. The zero-order valence-corrected chi connectivity index (χ0v) is 12.8. The number of ether oxygens (including phenoxy) is 2. The van der Waals surface area contributed by atoms with E-state index in [4.69, 9.17) is 14.5 Å². The summed E-state index contributed by atoms with van der Waals surface area (Å²) in [5.41, 5.74) is 1.94. The number of benzene rings is 1. The maximum absolute atomic E-state index is 5.45. The summed E-state index contributed by atoms with van der Waals surface area (Å²) in [6.45, 7) is 6.41.